The van der Waals surface area contributed by atoms with Crippen LogP contribution in [0.2, 0.25) is 0 Å². The standard InChI is InChI=1S/C13H24O4/c1-3-9(2)5-4-6-11(15)12-10(7-14)8-17-13(12)16/h9-12,14-15H,3-8H2,1-2H3. The van der Waals surface area contributed by atoms with Crippen LogP contribution in [0.25, 0.3) is 0 Å². The van der Waals surface area contributed by atoms with Crippen molar-refractivity contribution in [3.05, 3.63) is 0 Å². The zero-order valence-electron chi connectivity index (χ0n) is 10.8. The zero-order chi connectivity index (χ0) is 12.8. The topological polar surface area (TPSA) is 66.8 Å². The van der Waals surface area contributed by atoms with E-state index in [2.05, 4.69) is 13.8 Å². The summed E-state index contributed by atoms with van der Waals surface area (Å²) in [6, 6.07) is 0. The molecule has 4 atom stereocenters. The van der Waals surface area contributed by atoms with Crippen LogP contribution in [-0.4, -0.2) is 35.5 Å². The molecule has 4 heteroatoms. The fourth-order valence-electron chi connectivity index (χ4n) is 2.28. The lowest BCUT2D eigenvalue weighted by Crippen LogP contribution is -2.31. The zero-order valence-corrected chi connectivity index (χ0v) is 10.8. The van der Waals surface area contributed by atoms with Gasteiger partial charge in [-0.15, -0.1) is 0 Å². The van der Waals surface area contributed by atoms with Crippen molar-refractivity contribution in [1.29, 1.82) is 0 Å². The third-order valence-corrected chi connectivity index (χ3v) is 3.76. The molecule has 1 saturated heterocycles. The quantitative estimate of drug-likeness (QED) is 0.663. The molecular weight excluding hydrogens is 220 g/mol. The molecule has 0 radical (unpaired) electrons. The molecule has 100 valence electrons. The van der Waals surface area contributed by atoms with Crippen molar-refractivity contribution in [2.45, 2.75) is 45.6 Å². The number of hydrogen-bond acceptors (Lipinski definition) is 4. The van der Waals surface area contributed by atoms with Gasteiger partial charge in [-0.05, 0) is 12.3 Å². The first-order chi connectivity index (χ1) is 8.10. The van der Waals surface area contributed by atoms with Gasteiger partial charge in [-0.3, -0.25) is 4.79 Å². The van der Waals surface area contributed by atoms with E-state index in [0.717, 1.165) is 19.3 Å². The summed E-state index contributed by atoms with van der Waals surface area (Å²) in [6.45, 7) is 4.48. The predicted octanol–water partition coefficient (Wildman–Crippen LogP) is 1.35. The molecule has 4 nitrogen and oxygen atoms in total. The maximum absolute atomic E-state index is 11.4. The molecule has 0 aromatic heterocycles. The van der Waals surface area contributed by atoms with Gasteiger partial charge in [0.05, 0.1) is 25.2 Å². The molecule has 0 spiro atoms. The van der Waals surface area contributed by atoms with E-state index in [1.165, 1.54) is 0 Å². The average molecular weight is 244 g/mol. The summed E-state index contributed by atoms with van der Waals surface area (Å²) in [5.74, 6) is -0.468. The molecule has 0 amide bonds. The molecule has 0 aromatic rings. The minimum Gasteiger partial charge on any atom is -0.465 e. The predicted molar refractivity (Wildman–Crippen MR) is 64.3 cm³/mol. The summed E-state index contributed by atoms with van der Waals surface area (Å²) in [7, 11) is 0. The summed E-state index contributed by atoms with van der Waals surface area (Å²) in [4.78, 5) is 11.4. The van der Waals surface area contributed by atoms with Gasteiger partial charge in [0.2, 0.25) is 0 Å². The van der Waals surface area contributed by atoms with E-state index in [-0.39, 0.29) is 25.1 Å². The molecule has 1 rings (SSSR count). The second-order valence-corrected chi connectivity index (χ2v) is 5.11. The van der Waals surface area contributed by atoms with E-state index >= 15 is 0 Å². The van der Waals surface area contributed by atoms with Crippen LogP contribution in [0, 0.1) is 17.8 Å². The van der Waals surface area contributed by atoms with Crippen LogP contribution in [0.15, 0.2) is 0 Å². The van der Waals surface area contributed by atoms with Crippen molar-refractivity contribution in [3.63, 3.8) is 0 Å². The Kier molecular flexibility index (Phi) is 5.92. The molecule has 0 saturated carbocycles. The number of carbonyl (C=O) groups is 1. The van der Waals surface area contributed by atoms with Crippen LogP contribution in [0.1, 0.15) is 39.5 Å². The Labute approximate surface area is 103 Å². The number of carbonyl (C=O) groups excluding carboxylic acids is 1. The van der Waals surface area contributed by atoms with Gasteiger partial charge >= 0.3 is 5.97 Å². The number of aliphatic hydroxyl groups excluding tert-OH is 2. The van der Waals surface area contributed by atoms with E-state index in [1.54, 1.807) is 0 Å². The molecule has 2 N–H and O–H groups in total. The summed E-state index contributed by atoms with van der Waals surface area (Å²) in [6.07, 6.45) is 3.06. The SMILES string of the molecule is CCC(C)CCCC(O)C1C(=O)OCC1CO. The number of aliphatic hydroxyl groups is 2. The van der Waals surface area contributed by atoms with E-state index in [0.29, 0.717) is 12.3 Å². The molecule has 0 aliphatic carbocycles. The van der Waals surface area contributed by atoms with Crippen molar-refractivity contribution in [2.75, 3.05) is 13.2 Å². The van der Waals surface area contributed by atoms with E-state index < -0.39 is 12.0 Å². The van der Waals surface area contributed by atoms with Gasteiger partial charge in [-0.25, -0.2) is 0 Å². The number of esters is 1. The van der Waals surface area contributed by atoms with Crippen LogP contribution in [-0.2, 0) is 9.53 Å². The molecule has 1 heterocycles. The van der Waals surface area contributed by atoms with Gasteiger partial charge < -0.3 is 14.9 Å². The summed E-state index contributed by atoms with van der Waals surface area (Å²) in [5, 5.41) is 19.1. The molecule has 4 unspecified atom stereocenters. The molecule has 1 aliphatic heterocycles. The number of ether oxygens (including phenoxy) is 1. The highest BCUT2D eigenvalue weighted by Gasteiger charge is 2.41. The largest absolute Gasteiger partial charge is 0.465 e. The molecule has 0 bridgehead atoms. The Morgan fingerprint density at radius 3 is 2.76 bits per heavy atom. The Hall–Kier alpha value is -0.610. The van der Waals surface area contributed by atoms with Crippen molar-refractivity contribution in [3.8, 4) is 0 Å². The van der Waals surface area contributed by atoms with Crippen molar-refractivity contribution >= 4 is 5.97 Å². The average Bonchev–Trinajstić information content (AvgIpc) is 2.69. The second-order valence-electron chi connectivity index (χ2n) is 5.11. The van der Waals surface area contributed by atoms with E-state index in [9.17, 15) is 9.90 Å². The summed E-state index contributed by atoms with van der Waals surface area (Å²) < 4.78 is 4.88. The fraction of sp³-hybridized carbons (Fsp3) is 0.923. The summed E-state index contributed by atoms with van der Waals surface area (Å²) >= 11 is 0. The van der Waals surface area contributed by atoms with Crippen molar-refractivity contribution < 1.29 is 19.7 Å². The third-order valence-electron chi connectivity index (χ3n) is 3.76. The van der Waals surface area contributed by atoms with E-state index in [4.69, 9.17) is 9.84 Å². The highest BCUT2D eigenvalue weighted by molar-refractivity contribution is 5.75. The Morgan fingerprint density at radius 1 is 1.47 bits per heavy atom. The normalized spacial score (nSPS) is 27.9. The lowest BCUT2D eigenvalue weighted by atomic mass is 9.87. The summed E-state index contributed by atoms with van der Waals surface area (Å²) in [5.41, 5.74) is 0. The maximum atomic E-state index is 11.4. The minimum absolute atomic E-state index is 0.0984. The van der Waals surface area contributed by atoms with Crippen molar-refractivity contribution in [1.82, 2.24) is 0 Å². The first-order valence-corrected chi connectivity index (χ1v) is 6.55. The van der Waals surface area contributed by atoms with E-state index in [1.807, 2.05) is 0 Å². The Morgan fingerprint density at radius 2 is 2.18 bits per heavy atom. The molecule has 17 heavy (non-hydrogen) atoms. The Balaban J connectivity index is 2.35. The van der Waals surface area contributed by atoms with Crippen LogP contribution in [0.5, 0.6) is 0 Å². The van der Waals surface area contributed by atoms with Gasteiger partial charge in [0, 0.05) is 5.92 Å². The van der Waals surface area contributed by atoms with Gasteiger partial charge in [0.25, 0.3) is 0 Å². The lowest BCUT2D eigenvalue weighted by Gasteiger charge is -2.19. The number of cyclic esters (lactones) is 1. The molecule has 1 aliphatic rings. The molecule has 1 fully saturated rings. The number of hydrogen-bond donors (Lipinski definition) is 2. The first kappa shape index (κ1) is 14.5. The van der Waals surface area contributed by atoms with Crippen LogP contribution in [0.4, 0.5) is 0 Å². The third kappa shape index (κ3) is 3.96. The van der Waals surface area contributed by atoms with Gasteiger partial charge in [0.1, 0.15) is 0 Å². The van der Waals surface area contributed by atoms with Crippen LogP contribution in [0.3, 0.4) is 0 Å². The highest BCUT2D eigenvalue weighted by atomic mass is 16.5. The lowest BCUT2D eigenvalue weighted by molar-refractivity contribution is -0.144. The second kappa shape index (κ2) is 6.97. The fourth-order valence-corrected chi connectivity index (χ4v) is 2.28. The molecular formula is C13H24O4. The smallest absolute Gasteiger partial charge is 0.312 e. The van der Waals surface area contributed by atoms with Gasteiger partial charge in [-0.1, -0.05) is 33.1 Å². The minimum atomic E-state index is -0.675. The van der Waals surface area contributed by atoms with Crippen LogP contribution < -0.4 is 0 Å². The highest BCUT2D eigenvalue weighted by Crippen LogP contribution is 2.28. The first-order valence-electron chi connectivity index (χ1n) is 6.55. The Bertz CT molecular complexity index is 242. The van der Waals surface area contributed by atoms with Crippen LogP contribution >= 0.6 is 0 Å². The molecule has 0 aromatic carbocycles. The monoisotopic (exact) mass is 244 g/mol. The maximum Gasteiger partial charge on any atom is 0.312 e. The number of rotatable bonds is 7. The van der Waals surface area contributed by atoms with Gasteiger partial charge in [0.15, 0.2) is 0 Å². The van der Waals surface area contributed by atoms with Crippen molar-refractivity contribution in [2.24, 2.45) is 17.8 Å². The van der Waals surface area contributed by atoms with Gasteiger partial charge in [-0.2, -0.15) is 0 Å².